The summed E-state index contributed by atoms with van der Waals surface area (Å²) in [5.41, 5.74) is 4.80. The molecule has 0 aliphatic rings. The number of hydrogen-bond acceptors (Lipinski definition) is 3. The lowest BCUT2D eigenvalue weighted by Gasteiger charge is -2.12. The first kappa shape index (κ1) is 17.0. The molecule has 0 bridgehead atoms. The SMILES string of the molecule is Cc1ccc(NC(=O)CCn2c(=O)c3cccn3c3cccnc32)c(C)c1. The van der Waals surface area contributed by atoms with Crippen molar-refractivity contribution in [1.29, 1.82) is 0 Å². The van der Waals surface area contributed by atoms with Crippen molar-refractivity contribution in [2.75, 3.05) is 5.32 Å². The number of nitrogens with zero attached hydrogens (tertiary/aromatic N) is 3. The van der Waals surface area contributed by atoms with Gasteiger partial charge in [-0.15, -0.1) is 0 Å². The van der Waals surface area contributed by atoms with Crippen molar-refractivity contribution in [2.45, 2.75) is 26.8 Å². The highest BCUT2D eigenvalue weighted by atomic mass is 16.2. The lowest BCUT2D eigenvalue weighted by atomic mass is 10.1. The van der Waals surface area contributed by atoms with Gasteiger partial charge in [-0.25, -0.2) is 4.98 Å². The molecule has 4 aromatic rings. The van der Waals surface area contributed by atoms with Gasteiger partial charge in [-0.1, -0.05) is 17.7 Å². The fourth-order valence-corrected chi connectivity index (χ4v) is 3.37. The van der Waals surface area contributed by atoms with E-state index in [1.807, 2.05) is 60.8 Å². The minimum absolute atomic E-state index is 0.131. The summed E-state index contributed by atoms with van der Waals surface area (Å²) in [6.45, 7) is 4.25. The monoisotopic (exact) mass is 360 g/mol. The topological polar surface area (TPSA) is 68.4 Å². The number of benzene rings is 1. The van der Waals surface area contributed by atoms with Crippen LogP contribution in [0.1, 0.15) is 17.5 Å². The van der Waals surface area contributed by atoms with Crippen LogP contribution in [0.2, 0.25) is 0 Å². The molecule has 27 heavy (non-hydrogen) atoms. The predicted molar refractivity (Wildman–Crippen MR) is 106 cm³/mol. The average molecular weight is 360 g/mol. The molecule has 0 fully saturated rings. The molecule has 136 valence electrons. The van der Waals surface area contributed by atoms with Crippen molar-refractivity contribution in [3.63, 3.8) is 0 Å². The predicted octanol–water partition coefficient (Wildman–Crippen LogP) is 3.29. The summed E-state index contributed by atoms with van der Waals surface area (Å²) in [6, 6.07) is 13.3. The van der Waals surface area contributed by atoms with E-state index >= 15 is 0 Å². The van der Waals surface area contributed by atoms with Gasteiger partial charge in [0.25, 0.3) is 5.56 Å². The Morgan fingerprint density at radius 2 is 1.93 bits per heavy atom. The van der Waals surface area contributed by atoms with Gasteiger partial charge in [-0.2, -0.15) is 0 Å². The third-order valence-corrected chi connectivity index (χ3v) is 4.71. The first-order valence-electron chi connectivity index (χ1n) is 8.86. The van der Waals surface area contributed by atoms with Crippen LogP contribution < -0.4 is 10.9 Å². The number of hydrogen-bond donors (Lipinski definition) is 1. The third-order valence-electron chi connectivity index (χ3n) is 4.71. The Balaban J connectivity index is 1.62. The summed E-state index contributed by atoms with van der Waals surface area (Å²) < 4.78 is 3.41. The second kappa shape index (κ2) is 6.72. The third kappa shape index (κ3) is 3.10. The molecule has 1 aromatic carbocycles. The highest BCUT2D eigenvalue weighted by Gasteiger charge is 2.13. The number of anilines is 1. The smallest absolute Gasteiger partial charge is 0.276 e. The van der Waals surface area contributed by atoms with Crippen molar-refractivity contribution in [1.82, 2.24) is 14.0 Å². The molecule has 0 atom stereocenters. The quantitative estimate of drug-likeness (QED) is 0.607. The van der Waals surface area contributed by atoms with E-state index in [1.165, 1.54) is 0 Å². The number of rotatable bonds is 4. The maximum absolute atomic E-state index is 12.8. The molecular weight excluding hydrogens is 340 g/mol. The van der Waals surface area contributed by atoms with Gasteiger partial charge in [0.15, 0.2) is 5.65 Å². The highest BCUT2D eigenvalue weighted by Crippen LogP contribution is 2.17. The molecule has 0 unspecified atom stereocenters. The van der Waals surface area contributed by atoms with Crippen LogP contribution in [0.3, 0.4) is 0 Å². The Labute approximate surface area is 156 Å². The fraction of sp³-hybridized carbons (Fsp3) is 0.190. The summed E-state index contributed by atoms with van der Waals surface area (Å²) in [6.07, 6.45) is 3.69. The summed E-state index contributed by atoms with van der Waals surface area (Å²) in [7, 11) is 0. The number of fused-ring (bicyclic) bond motifs is 3. The molecule has 0 radical (unpaired) electrons. The van der Waals surface area contributed by atoms with E-state index in [1.54, 1.807) is 16.8 Å². The number of carbonyl (C=O) groups is 1. The van der Waals surface area contributed by atoms with E-state index < -0.39 is 0 Å². The molecule has 6 nitrogen and oxygen atoms in total. The molecule has 6 heteroatoms. The van der Waals surface area contributed by atoms with Crippen LogP contribution in [0.5, 0.6) is 0 Å². The second-order valence-corrected chi connectivity index (χ2v) is 6.68. The Morgan fingerprint density at radius 1 is 1.11 bits per heavy atom. The largest absolute Gasteiger partial charge is 0.326 e. The van der Waals surface area contributed by atoms with Crippen LogP contribution in [-0.4, -0.2) is 19.9 Å². The van der Waals surface area contributed by atoms with Crippen molar-refractivity contribution < 1.29 is 4.79 Å². The molecule has 4 rings (SSSR count). The first-order valence-corrected chi connectivity index (χ1v) is 8.86. The molecule has 1 N–H and O–H groups in total. The molecule has 3 aromatic heterocycles. The zero-order chi connectivity index (χ0) is 19.0. The van der Waals surface area contributed by atoms with E-state index in [2.05, 4.69) is 10.3 Å². The van der Waals surface area contributed by atoms with Crippen molar-refractivity contribution >= 4 is 28.3 Å². The van der Waals surface area contributed by atoms with Crippen LogP contribution >= 0.6 is 0 Å². The van der Waals surface area contributed by atoms with E-state index in [9.17, 15) is 9.59 Å². The second-order valence-electron chi connectivity index (χ2n) is 6.68. The van der Waals surface area contributed by atoms with Crippen LogP contribution in [-0.2, 0) is 11.3 Å². The summed E-state index contributed by atoms with van der Waals surface area (Å²) in [4.78, 5) is 29.6. The summed E-state index contributed by atoms with van der Waals surface area (Å²) in [5.74, 6) is -0.131. The van der Waals surface area contributed by atoms with E-state index in [0.29, 0.717) is 11.2 Å². The lowest BCUT2D eigenvalue weighted by molar-refractivity contribution is -0.116. The zero-order valence-electron chi connectivity index (χ0n) is 15.3. The molecule has 0 saturated carbocycles. The number of nitrogens with one attached hydrogen (secondary N) is 1. The molecular formula is C21H20N4O2. The lowest BCUT2D eigenvalue weighted by Crippen LogP contribution is -2.25. The normalized spacial score (nSPS) is 11.2. The van der Waals surface area contributed by atoms with Crippen LogP contribution in [0.15, 0.2) is 59.7 Å². The Bertz CT molecular complexity index is 1220. The number of aromatic nitrogens is 3. The van der Waals surface area contributed by atoms with Gasteiger partial charge in [0.05, 0.1) is 5.52 Å². The number of aryl methyl sites for hydroxylation is 3. The minimum Gasteiger partial charge on any atom is -0.326 e. The standard InChI is InChI=1S/C21H20N4O2/c1-14-7-8-16(15(2)13-14)23-19(26)9-12-25-20-17(5-3-10-22-20)24-11-4-6-18(24)21(25)27/h3-8,10-11,13H,9,12H2,1-2H3,(H,23,26). The molecule has 3 heterocycles. The van der Waals surface area contributed by atoms with Crippen molar-refractivity contribution in [3.05, 3.63) is 76.3 Å². The van der Waals surface area contributed by atoms with Crippen molar-refractivity contribution in [2.24, 2.45) is 0 Å². The molecule has 1 amide bonds. The number of amides is 1. The van der Waals surface area contributed by atoms with Gasteiger partial charge in [0, 0.05) is 31.0 Å². The van der Waals surface area contributed by atoms with Gasteiger partial charge < -0.3 is 9.72 Å². The molecule has 0 aliphatic heterocycles. The Hall–Kier alpha value is -3.41. The van der Waals surface area contributed by atoms with Gasteiger partial charge in [-0.3, -0.25) is 14.2 Å². The summed E-state index contributed by atoms with van der Waals surface area (Å²) >= 11 is 0. The fourth-order valence-electron chi connectivity index (χ4n) is 3.37. The molecule has 0 spiro atoms. The number of carbonyl (C=O) groups excluding carboxylic acids is 1. The van der Waals surface area contributed by atoms with Crippen molar-refractivity contribution in [3.8, 4) is 0 Å². The van der Waals surface area contributed by atoms with E-state index in [-0.39, 0.29) is 24.4 Å². The van der Waals surface area contributed by atoms with Gasteiger partial charge in [0.2, 0.25) is 5.91 Å². The van der Waals surface area contributed by atoms with E-state index in [4.69, 9.17) is 0 Å². The summed E-state index contributed by atoms with van der Waals surface area (Å²) in [5, 5.41) is 2.93. The zero-order valence-corrected chi connectivity index (χ0v) is 15.3. The van der Waals surface area contributed by atoms with Crippen LogP contribution in [0.4, 0.5) is 5.69 Å². The van der Waals surface area contributed by atoms with E-state index in [0.717, 1.165) is 22.3 Å². The van der Waals surface area contributed by atoms with Gasteiger partial charge in [0.1, 0.15) is 5.52 Å². The highest BCUT2D eigenvalue weighted by molar-refractivity contribution is 5.91. The average Bonchev–Trinajstić information content (AvgIpc) is 3.14. The van der Waals surface area contributed by atoms with Crippen LogP contribution in [0.25, 0.3) is 16.7 Å². The first-order chi connectivity index (χ1) is 13.0. The Morgan fingerprint density at radius 3 is 2.74 bits per heavy atom. The minimum atomic E-state index is -0.148. The molecule has 0 saturated heterocycles. The van der Waals surface area contributed by atoms with Gasteiger partial charge in [-0.05, 0) is 49.7 Å². The molecule has 0 aliphatic carbocycles. The Kier molecular flexibility index (Phi) is 4.24. The maximum Gasteiger partial charge on any atom is 0.276 e. The van der Waals surface area contributed by atoms with Crippen LogP contribution in [0, 0.1) is 13.8 Å². The van der Waals surface area contributed by atoms with Gasteiger partial charge >= 0.3 is 0 Å². The number of pyridine rings is 1. The maximum atomic E-state index is 12.8.